The zero-order valence-corrected chi connectivity index (χ0v) is 8.80. The van der Waals surface area contributed by atoms with Crippen molar-refractivity contribution in [2.24, 2.45) is 0 Å². The van der Waals surface area contributed by atoms with Crippen molar-refractivity contribution in [2.45, 2.75) is 6.67 Å². The van der Waals surface area contributed by atoms with E-state index in [0.29, 0.717) is 0 Å². The molecule has 2 rings (SSSR count). The highest BCUT2D eigenvalue weighted by Gasteiger charge is 2.28. The smallest absolute Gasteiger partial charge is 0.341 e. The lowest BCUT2D eigenvalue weighted by Crippen LogP contribution is -2.47. The van der Waals surface area contributed by atoms with E-state index in [9.17, 15) is 19.5 Å². The molecule has 1 aromatic rings. The second kappa shape index (κ2) is 3.59. The molecule has 0 atom stereocenters. The first-order valence-electron chi connectivity index (χ1n) is 4.64. The summed E-state index contributed by atoms with van der Waals surface area (Å²) in [7, 11) is 1.43. The van der Waals surface area contributed by atoms with Crippen molar-refractivity contribution in [3.8, 4) is 5.75 Å². The van der Waals surface area contributed by atoms with Gasteiger partial charge in [-0.1, -0.05) is 0 Å². The van der Waals surface area contributed by atoms with E-state index in [0.717, 1.165) is 11.2 Å². The molecule has 1 aromatic heterocycles. The molecule has 2 heterocycles. The molecule has 17 heavy (non-hydrogen) atoms. The number of nitrogens with zero attached hydrogens (tertiary/aromatic N) is 2. The van der Waals surface area contributed by atoms with Crippen LogP contribution in [0.5, 0.6) is 5.75 Å². The summed E-state index contributed by atoms with van der Waals surface area (Å²) in [6.07, 6.45) is 1.03. The van der Waals surface area contributed by atoms with Crippen LogP contribution in [0.1, 0.15) is 20.8 Å². The van der Waals surface area contributed by atoms with Crippen LogP contribution in [0.25, 0.3) is 0 Å². The Bertz CT molecular complexity index is 577. The van der Waals surface area contributed by atoms with Crippen LogP contribution in [0.2, 0.25) is 0 Å². The minimum Gasteiger partial charge on any atom is -0.503 e. The molecule has 8 nitrogen and oxygen atoms in total. The number of nitrogens with one attached hydrogen (secondary N) is 1. The maximum atomic E-state index is 11.7. The molecule has 0 fully saturated rings. The highest BCUT2D eigenvalue weighted by molar-refractivity contribution is 5.96. The van der Waals surface area contributed by atoms with Gasteiger partial charge in [0.25, 0.3) is 5.91 Å². The van der Waals surface area contributed by atoms with Crippen LogP contribution in [0, 0.1) is 0 Å². The number of rotatable bonds is 1. The number of carbonyl (C=O) groups excluding carboxylic acids is 1. The minimum absolute atomic E-state index is 0.0890. The molecule has 0 saturated heterocycles. The second-order valence-corrected chi connectivity index (χ2v) is 3.52. The summed E-state index contributed by atoms with van der Waals surface area (Å²) in [6.45, 7) is 0.0890. The van der Waals surface area contributed by atoms with Crippen LogP contribution in [-0.4, -0.2) is 38.7 Å². The Morgan fingerprint density at radius 3 is 2.71 bits per heavy atom. The van der Waals surface area contributed by atoms with Crippen LogP contribution in [-0.2, 0) is 6.67 Å². The van der Waals surface area contributed by atoms with Gasteiger partial charge in [-0.25, -0.2) is 10.2 Å². The predicted octanol–water partition coefficient (Wildman–Crippen LogP) is -1.20. The number of hydrazine groups is 1. The van der Waals surface area contributed by atoms with Crippen molar-refractivity contribution in [3.05, 3.63) is 27.7 Å². The summed E-state index contributed by atoms with van der Waals surface area (Å²) in [5.74, 6) is -2.90. The average Bonchev–Trinajstić information content (AvgIpc) is 2.27. The fourth-order valence-corrected chi connectivity index (χ4v) is 1.56. The van der Waals surface area contributed by atoms with Crippen molar-refractivity contribution >= 4 is 11.9 Å². The summed E-state index contributed by atoms with van der Waals surface area (Å²) in [4.78, 5) is 33.9. The number of aromatic nitrogens is 1. The number of hydrogen-bond donors (Lipinski definition) is 3. The van der Waals surface area contributed by atoms with Crippen LogP contribution in [0.4, 0.5) is 0 Å². The maximum Gasteiger partial charge on any atom is 0.341 e. The Hall–Kier alpha value is -2.35. The van der Waals surface area contributed by atoms with Gasteiger partial charge >= 0.3 is 5.97 Å². The van der Waals surface area contributed by atoms with Crippen LogP contribution in [0.15, 0.2) is 11.0 Å². The molecule has 0 aliphatic carbocycles. The summed E-state index contributed by atoms with van der Waals surface area (Å²) in [5.41, 5.74) is 0.779. The Labute approximate surface area is 94.7 Å². The first-order valence-corrected chi connectivity index (χ1v) is 4.64. The SMILES string of the molecule is CN1NCn2cc(C(=O)O)c(=O)c(O)c2C1=O. The Balaban J connectivity index is 2.74. The van der Waals surface area contributed by atoms with Gasteiger partial charge in [-0.05, 0) is 0 Å². The summed E-state index contributed by atoms with van der Waals surface area (Å²) < 4.78 is 1.18. The topological polar surface area (TPSA) is 112 Å². The average molecular weight is 239 g/mol. The normalized spacial score (nSPS) is 14.6. The molecule has 1 aliphatic rings. The molecule has 90 valence electrons. The molecule has 0 spiro atoms. The number of carboxylic acid groups (broad SMARTS) is 1. The zero-order valence-electron chi connectivity index (χ0n) is 8.80. The van der Waals surface area contributed by atoms with Gasteiger partial charge in [0.05, 0.1) is 6.67 Å². The molecule has 1 aliphatic heterocycles. The lowest BCUT2D eigenvalue weighted by molar-refractivity contribution is 0.0612. The third kappa shape index (κ3) is 1.54. The quantitative estimate of drug-likeness (QED) is 0.567. The van der Waals surface area contributed by atoms with Crippen molar-refractivity contribution in [1.29, 1.82) is 0 Å². The fraction of sp³-hybridized carbons (Fsp3) is 0.222. The van der Waals surface area contributed by atoms with Crippen molar-refractivity contribution in [1.82, 2.24) is 15.0 Å². The van der Waals surface area contributed by atoms with Crippen molar-refractivity contribution in [2.75, 3.05) is 7.05 Å². The highest BCUT2D eigenvalue weighted by atomic mass is 16.4. The summed E-state index contributed by atoms with van der Waals surface area (Å²) in [5, 5.41) is 19.5. The Morgan fingerprint density at radius 2 is 2.12 bits per heavy atom. The van der Waals surface area contributed by atoms with Crippen LogP contribution >= 0.6 is 0 Å². The van der Waals surface area contributed by atoms with Gasteiger partial charge < -0.3 is 14.8 Å². The maximum absolute atomic E-state index is 11.7. The van der Waals surface area contributed by atoms with E-state index < -0.39 is 28.6 Å². The van der Waals surface area contributed by atoms with E-state index in [-0.39, 0.29) is 12.4 Å². The van der Waals surface area contributed by atoms with Gasteiger partial charge in [0.1, 0.15) is 5.56 Å². The number of aromatic carboxylic acids is 1. The van der Waals surface area contributed by atoms with Gasteiger partial charge in [0, 0.05) is 13.2 Å². The zero-order chi connectivity index (χ0) is 12.7. The van der Waals surface area contributed by atoms with Crippen LogP contribution in [0.3, 0.4) is 0 Å². The third-order valence-electron chi connectivity index (χ3n) is 2.47. The van der Waals surface area contributed by atoms with E-state index in [2.05, 4.69) is 5.43 Å². The van der Waals surface area contributed by atoms with Crippen molar-refractivity contribution < 1.29 is 19.8 Å². The van der Waals surface area contributed by atoms with E-state index in [1.165, 1.54) is 11.6 Å². The van der Waals surface area contributed by atoms with Crippen molar-refractivity contribution in [3.63, 3.8) is 0 Å². The molecule has 0 bridgehead atoms. The lowest BCUT2D eigenvalue weighted by Gasteiger charge is -2.27. The van der Waals surface area contributed by atoms with Gasteiger partial charge in [0.15, 0.2) is 11.4 Å². The fourth-order valence-electron chi connectivity index (χ4n) is 1.56. The molecule has 8 heteroatoms. The molecule has 0 unspecified atom stereocenters. The predicted molar refractivity (Wildman–Crippen MR) is 54.6 cm³/mol. The molecule has 1 amide bonds. The molecular weight excluding hydrogens is 230 g/mol. The summed E-state index contributed by atoms with van der Waals surface area (Å²) in [6, 6.07) is 0. The molecule has 0 radical (unpaired) electrons. The van der Waals surface area contributed by atoms with Gasteiger partial charge in [-0.2, -0.15) is 0 Å². The van der Waals surface area contributed by atoms with E-state index in [1.807, 2.05) is 0 Å². The number of aromatic hydroxyl groups is 1. The Kier molecular flexibility index (Phi) is 2.36. The third-order valence-corrected chi connectivity index (χ3v) is 2.47. The molecule has 0 saturated carbocycles. The number of carboxylic acids is 1. The minimum atomic E-state index is -1.45. The Morgan fingerprint density at radius 1 is 1.47 bits per heavy atom. The standard InChI is InChI=1S/C9H9N3O5/c1-11-8(15)5-7(14)6(13)4(9(16)17)2-12(5)3-10-11/h2,10,14H,3H2,1H3,(H,16,17). The monoisotopic (exact) mass is 239 g/mol. The molecule has 0 aromatic carbocycles. The molecular formula is C9H9N3O5. The lowest BCUT2D eigenvalue weighted by atomic mass is 10.2. The van der Waals surface area contributed by atoms with Gasteiger partial charge in [0.2, 0.25) is 5.43 Å². The number of amides is 1. The number of fused-ring (bicyclic) bond motifs is 1. The largest absolute Gasteiger partial charge is 0.503 e. The van der Waals surface area contributed by atoms with E-state index >= 15 is 0 Å². The van der Waals surface area contributed by atoms with E-state index in [1.54, 1.807) is 0 Å². The number of carbonyl (C=O) groups is 2. The highest BCUT2D eigenvalue weighted by Crippen LogP contribution is 2.17. The number of pyridine rings is 1. The second-order valence-electron chi connectivity index (χ2n) is 3.52. The van der Waals surface area contributed by atoms with Gasteiger partial charge in [-0.3, -0.25) is 14.6 Å². The summed E-state index contributed by atoms with van der Waals surface area (Å²) >= 11 is 0. The number of hydrogen-bond acceptors (Lipinski definition) is 5. The first-order chi connectivity index (χ1) is 7.93. The van der Waals surface area contributed by atoms with E-state index in [4.69, 9.17) is 5.11 Å². The van der Waals surface area contributed by atoms with Crippen LogP contribution < -0.4 is 10.9 Å². The van der Waals surface area contributed by atoms with Gasteiger partial charge in [-0.15, -0.1) is 0 Å². The first kappa shape index (κ1) is 11.1. The molecule has 3 N–H and O–H groups in total.